The Balaban J connectivity index is 1.65. The van der Waals surface area contributed by atoms with E-state index in [1.165, 1.54) is 15.8 Å². The molecule has 0 fully saturated rings. The molecule has 1 heterocycles. The SMILES string of the molecule is COCCn1nnnc1NC(=O)C1CCc2cc(OC)ccc2C1. The number of hydrogen-bond acceptors (Lipinski definition) is 6. The largest absolute Gasteiger partial charge is 0.497 e. The van der Waals surface area contributed by atoms with Gasteiger partial charge in [-0.15, -0.1) is 0 Å². The molecule has 2 aromatic rings. The second-order valence-electron chi connectivity index (χ2n) is 5.78. The Bertz CT molecular complexity index is 715. The van der Waals surface area contributed by atoms with E-state index in [2.05, 4.69) is 26.9 Å². The molecule has 3 rings (SSSR count). The first-order chi connectivity index (χ1) is 11.7. The van der Waals surface area contributed by atoms with Crippen molar-refractivity contribution in [3.8, 4) is 5.75 Å². The molecule has 1 aromatic heterocycles. The number of rotatable bonds is 6. The number of carbonyl (C=O) groups excluding carboxylic acids is 1. The molecule has 0 aliphatic heterocycles. The summed E-state index contributed by atoms with van der Waals surface area (Å²) in [5.74, 6) is 1.08. The molecule has 1 aliphatic carbocycles. The highest BCUT2D eigenvalue weighted by Crippen LogP contribution is 2.29. The number of anilines is 1. The average molecular weight is 331 g/mol. The monoisotopic (exact) mass is 331 g/mol. The van der Waals surface area contributed by atoms with E-state index in [1.807, 2.05) is 12.1 Å². The van der Waals surface area contributed by atoms with Crippen LogP contribution < -0.4 is 10.1 Å². The van der Waals surface area contributed by atoms with E-state index in [4.69, 9.17) is 9.47 Å². The molecule has 0 saturated heterocycles. The molecule has 128 valence electrons. The topological polar surface area (TPSA) is 91.2 Å². The number of ether oxygens (including phenoxy) is 2. The molecular formula is C16H21N5O3. The van der Waals surface area contributed by atoms with Crippen LogP contribution in [0.2, 0.25) is 0 Å². The number of benzene rings is 1. The van der Waals surface area contributed by atoms with Gasteiger partial charge in [0.1, 0.15) is 5.75 Å². The summed E-state index contributed by atoms with van der Waals surface area (Å²) in [6.07, 6.45) is 2.37. The van der Waals surface area contributed by atoms with Crippen molar-refractivity contribution in [3.05, 3.63) is 29.3 Å². The molecule has 8 nitrogen and oxygen atoms in total. The Morgan fingerprint density at radius 1 is 1.38 bits per heavy atom. The predicted octanol–water partition coefficient (Wildman–Crippen LogP) is 1.07. The number of carbonyl (C=O) groups is 1. The first-order valence-corrected chi connectivity index (χ1v) is 7.93. The number of nitrogens with one attached hydrogen (secondary N) is 1. The average Bonchev–Trinajstić information content (AvgIpc) is 3.05. The molecule has 0 bridgehead atoms. The van der Waals surface area contributed by atoms with Crippen molar-refractivity contribution >= 4 is 11.9 Å². The predicted molar refractivity (Wildman–Crippen MR) is 86.8 cm³/mol. The van der Waals surface area contributed by atoms with Gasteiger partial charge in [-0.1, -0.05) is 11.2 Å². The zero-order valence-corrected chi connectivity index (χ0v) is 13.9. The molecule has 8 heteroatoms. The van der Waals surface area contributed by atoms with E-state index >= 15 is 0 Å². The summed E-state index contributed by atoms with van der Waals surface area (Å²) in [5, 5.41) is 14.2. The number of aryl methyl sites for hydroxylation is 1. The summed E-state index contributed by atoms with van der Waals surface area (Å²) < 4.78 is 11.8. The molecule has 1 aliphatic rings. The second kappa shape index (κ2) is 7.39. The van der Waals surface area contributed by atoms with E-state index in [1.54, 1.807) is 14.2 Å². The van der Waals surface area contributed by atoms with Crippen LogP contribution in [0.1, 0.15) is 17.5 Å². The molecule has 24 heavy (non-hydrogen) atoms. The maximum absolute atomic E-state index is 12.5. The third-order valence-electron chi connectivity index (χ3n) is 4.29. The molecule has 1 aromatic carbocycles. The number of nitrogens with zero attached hydrogens (tertiary/aromatic N) is 4. The molecule has 0 spiro atoms. The summed E-state index contributed by atoms with van der Waals surface area (Å²) in [4.78, 5) is 12.5. The van der Waals surface area contributed by atoms with Crippen molar-refractivity contribution in [3.63, 3.8) is 0 Å². The van der Waals surface area contributed by atoms with Crippen LogP contribution in [0.5, 0.6) is 5.75 Å². The first-order valence-electron chi connectivity index (χ1n) is 7.93. The van der Waals surface area contributed by atoms with Crippen LogP contribution in [0, 0.1) is 5.92 Å². The Kier molecular flexibility index (Phi) is 5.05. The third kappa shape index (κ3) is 3.53. The van der Waals surface area contributed by atoms with Crippen LogP contribution in [0.25, 0.3) is 0 Å². The Labute approximate surface area is 140 Å². The van der Waals surface area contributed by atoms with Crippen LogP contribution in [0.3, 0.4) is 0 Å². The van der Waals surface area contributed by atoms with Crippen LogP contribution in [0.15, 0.2) is 18.2 Å². The van der Waals surface area contributed by atoms with Crippen LogP contribution in [-0.4, -0.2) is 46.9 Å². The van der Waals surface area contributed by atoms with Crippen molar-refractivity contribution < 1.29 is 14.3 Å². The molecule has 0 saturated carbocycles. The Hall–Kier alpha value is -2.48. The minimum atomic E-state index is -0.0847. The molecule has 1 atom stereocenters. The number of fused-ring (bicyclic) bond motifs is 1. The fourth-order valence-electron chi connectivity index (χ4n) is 2.92. The molecule has 1 amide bonds. The summed E-state index contributed by atoms with van der Waals surface area (Å²) in [6, 6.07) is 6.02. The fraction of sp³-hybridized carbons (Fsp3) is 0.500. The van der Waals surface area contributed by atoms with E-state index in [9.17, 15) is 4.79 Å². The number of amides is 1. The van der Waals surface area contributed by atoms with E-state index in [0.717, 1.165) is 18.6 Å². The second-order valence-corrected chi connectivity index (χ2v) is 5.78. The number of aromatic nitrogens is 4. The van der Waals surface area contributed by atoms with E-state index in [-0.39, 0.29) is 11.8 Å². The Morgan fingerprint density at radius 2 is 2.25 bits per heavy atom. The van der Waals surface area contributed by atoms with Gasteiger partial charge in [0, 0.05) is 13.0 Å². The van der Waals surface area contributed by atoms with Gasteiger partial charge in [0.05, 0.1) is 20.3 Å². The van der Waals surface area contributed by atoms with Gasteiger partial charge >= 0.3 is 0 Å². The molecule has 1 N–H and O–H groups in total. The standard InChI is InChI=1S/C16H21N5O3/c1-23-8-7-21-16(18-19-20-21)17-15(22)13-4-3-12-10-14(24-2)6-5-11(12)9-13/h5-6,10,13H,3-4,7-9H2,1-2H3,(H,17,18,20,22). The molecule has 1 unspecified atom stereocenters. The minimum absolute atomic E-state index is 0.0510. The quantitative estimate of drug-likeness (QED) is 0.851. The van der Waals surface area contributed by atoms with Gasteiger partial charge in [-0.05, 0) is 52.9 Å². The van der Waals surface area contributed by atoms with E-state index < -0.39 is 0 Å². The first kappa shape index (κ1) is 16.4. The van der Waals surface area contributed by atoms with Crippen molar-refractivity contribution in [2.75, 3.05) is 26.1 Å². The normalized spacial score (nSPS) is 16.5. The zero-order chi connectivity index (χ0) is 16.9. The van der Waals surface area contributed by atoms with Crippen molar-refractivity contribution in [1.82, 2.24) is 20.2 Å². The maximum atomic E-state index is 12.5. The molecule has 0 radical (unpaired) electrons. The highest BCUT2D eigenvalue weighted by atomic mass is 16.5. The number of methoxy groups -OCH3 is 2. The lowest BCUT2D eigenvalue weighted by molar-refractivity contribution is -0.120. The van der Waals surface area contributed by atoms with Crippen molar-refractivity contribution in [2.24, 2.45) is 5.92 Å². The van der Waals surface area contributed by atoms with Gasteiger partial charge in [0.2, 0.25) is 11.9 Å². The Morgan fingerprint density at radius 3 is 3.04 bits per heavy atom. The number of hydrogen-bond donors (Lipinski definition) is 1. The summed E-state index contributed by atoms with van der Waals surface area (Å²) in [6.45, 7) is 0.971. The van der Waals surface area contributed by atoms with Gasteiger partial charge in [0.25, 0.3) is 0 Å². The van der Waals surface area contributed by atoms with Crippen molar-refractivity contribution in [1.29, 1.82) is 0 Å². The van der Waals surface area contributed by atoms with E-state index in [0.29, 0.717) is 25.5 Å². The fourth-order valence-corrected chi connectivity index (χ4v) is 2.92. The van der Waals surface area contributed by atoms with Gasteiger partial charge in [-0.2, -0.15) is 0 Å². The van der Waals surface area contributed by atoms with Gasteiger partial charge in [-0.25, -0.2) is 4.68 Å². The highest BCUT2D eigenvalue weighted by molar-refractivity contribution is 5.91. The van der Waals surface area contributed by atoms with Crippen molar-refractivity contribution in [2.45, 2.75) is 25.8 Å². The lowest BCUT2D eigenvalue weighted by Crippen LogP contribution is -2.29. The van der Waals surface area contributed by atoms with Gasteiger partial charge in [0.15, 0.2) is 0 Å². The summed E-state index contributed by atoms with van der Waals surface area (Å²) >= 11 is 0. The lowest BCUT2D eigenvalue weighted by atomic mass is 9.83. The summed E-state index contributed by atoms with van der Waals surface area (Å²) in [7, 11) is 3.27. The maximum Gasteiger partial charge on any atom is 0.249 e. The smallest absolute Gasteiger partial charge is 0.249 e. The van der Waals surface area contributed by atoms with Crippen LogP contribution >= 0.6 is 0 Å². The minimum Gasteiger partial charge on any atom is -0.497 e. The number of tetrazole rings is 1. The van der Waals surface area contributed by atoms with Crippen LogP contribution in [-0.2, 0) is 28.9 Å². The van der Waals surface area contributed by atoms with Gasteiger partial charge < -0.3 is 9.47 Å². The highest BCUT2D eigenvalue weighted by Gasteiger charge is 2.26. The van der Waals surface area contributed by atoms with Gasteiger partial charge in [-0.3, -0.25) is 10.1 Å². The zero-order valence-electron chi connectivity index (χ0n) is 13.9. The summed E-state index contributed by atoms with van der Waals surface area (Å²) in [5.41, 5.74) is 2.45. The van der Waals surface area contributed by atoms with Crippen LogP contribution in [0.4, 0.5) is 5.95 Å². The molecular weight excluding hydrogens is 310 g/mol. The third-order valence-corrected chi connectivity index (χ3v) is 4.29. The lowest BCUT2D eigenvalue weighted by Gasteiger charge is -2.24.